The number of nitrogens with zero attached hydrogens (tertiary/aromatic N) is 1. The molecule has 2 fully saturated rings. The van der Waals surface area contributed by atoms with Gasteiger partial charge in [-0.15, -0.1) is 0 Å². The van der Waals surface area contributed by atoms with Crippen molar-refractivity contribution in [2.45, 2.75) is 31.0 Å². The van der Waals surface area contributed by atoms with Crippen LogP contribution in [0.5, 0.6) is 0 Å². The Bertz CT molecular complexity index is 329. The number of hydrogen-bond acceptors (Lipinski definition) is 5. The second kappa shape index (κ2) is 4.01. The standard InChI is InChI=1S/C9H17NO4S/c11-4-7-2-1-3-10(7)8-5-15(13,14)6-9(8)12/h7-9,11-12H,1-6H2/t7-,8?,9?/m1/s1. The van der Waals surface area contributed by atoms with E-state index in [4.69, 9.17) is 5.11 Å². The number of likely N-dealkylation sites (tertiary alicyclic amines) is 1. The van der Waals surface area contributed by atoms with Crippen LogP contribution in [0.2, 0.25) is 0 Å². The van der Waals surface area contributed by atoms with E-state index in [0.717, 1.165) is 19.4 Å². The maximum atomic E-state index is 11.4. The van der Waals surface area contributed by atoms with Gasteiger partial charge in [0.1, 0.15) is 0 Å². The molecule has 0 aliphatic carbocycles. The van der Waals surface area contributed by atoms with Gasteiger partial charge < -0.3 is 10.2 Å². The molecule has 0 radical (unpaired) electrons. The summed E-state index contributed by atoms with van der Waals surface area (Å²) < 4.78 is 22.7. The molecule has 2 aliphatic heterocycles. The van der Waals surface area contributed by atoms with E-state index < -0.39 is 15.9 Å². The monoisotopic (exact) mass is 235 g/mol. The van der Waals surface area contributed by atoms with E-state index in [1.807, 2.05) is 4.90 Å². The number of rotatable bonds is 2. The Morgan fingerprint density at radius 1 is 1.33 bits per heavy atom. The van der Waals surface area contributed by atoms with Crippen molar-refractivity contribution >= 4 is 9.84 Å². The predicted octanol–water partition coefficient (Wildman–Crippen LogP) is -1.40. The molecular weight excluding hydrogens is 218 g/mol. The average Bonchev–Trinajstić information content (AvgIpc) is 2.69. The highest BCUT2D eigenvalue weighted by Gasteiger charge is 2.43. The van der Waals surface area contributed by atoms with Crippen LogP contribution in [0.1, 0.15) is 12.8 Å². The Morgan fingerprint density at radius 3 is 2.60 bits per heavy atom. The molecule has 2 rings (SSSR count). The van der Waals surface area contributed by atoms with Gasteiger partial charge in [0.25, 0.3) is 0 Å². The molecule has 2 aliphatic rings. The molecule has 0 aromatic heterocycles. The summed E-state index contributed by atoms with van der Waals surface area (Å²) in [5.74, 6) is -0.100. The van der Waals surface area contributed by atoms with Crippen molar-refractivity contribution in [2.24, 2.45) is 0 Å². The van der Waals surface area contributed by atoms with Crippen molar-refractivity contribution in [3.8, 4) is 0 Å². The van der Waals surface area contributed by atoms with Crippen LogP contribution in [-0.2, 0) is 9.84 Å². The predicted molar refractivity (Wildman–Crippen MR) is 55.3 cm³/mol. The summed E-state index contributed by atoms with van der Waals surface area (Å²) in [7, 11) is -3.09. The van der Waals surface area contributed by atoms with Gasteiger partial charge in [-0.3, -0.25) is 4.90 Å². The first-order valence-corrected chi connectivity index (χ1v) is 7.11. The Kier molecular flexibility index (Phi) is 3.03. The second-order valence-corrected chi connectivity index (χ2v) is 6.58. The lowest BCUT2D eigenvalue weighted by atomic mass is 10.1. The summed E-state index contributed by atoms with van der Waals surface area (Å²) in [6.07, 6.45) is 1.07. The lowest BCUT2D eigenvalue weighted by Crippen LogP contribution is -2.46. The largest absolute Gasteiger partial charge is 0.395 e. The van der Waals surface area contributed by atoms with Gasteiger partial charge >= 0.3 is 0 Å². The highest BCUT2D eigenvalue weighted by Crippen LogP contribution is 2.26. The van der Waals surface area contributed by atoms with E-state index in [0.29, 0.717) is 0 Å². The maximum Gasteiger partial charge on any atom is 0.154 e. The summed E-state index contributed by atoms with van der Waals surface area (Å²) in [4.78, 5) is 1.95. The van der Waals surface area contributed by atoms with Gasteiger partial charge in [-0.25, -0.2) is 8.42 Å². The maximum absolute atomic E-state index is 11.4. The third-order valence-electron chi connectivity index (χ3n) is 3.35. The van der Waals surface area contributed by atoms with Crippen molar-refractivity contribution in [1.29, 1.82) is 0 Å². The first-order valence-electron chi connectivity index (χ1n) is 5.28. The molecule has 2 saturated heterocycles. The van der Waals surface area contributed by atoms with Crippen LogP contribution in [-0.4, -0.2) is 66.4 Å². The smallest absolute Gasteiger partial charge is 0.154 e. The quantitative estimate of drug-likeness (QED) is 0.615. The molecule has 15 heavy (non-hydrogen) atoms. The molecule has 0 bridgehead atoms. The van der Waals surface area contributed by atoms with E-state index in [1.165, 1.54) is 0 Å². The second-order valence-electron chi connectivity index (χ2n) is 4.43. The molecular formula is C9H17NO4S. The van der Waals surface area contributed by atoms with E-state index in [1.54, 1.807) is 0 Å². The number of sulfone groups is 1. The lowest BCUT2D eigenvalue weighted by molar-refractivity contribution is 0.0557. The summed E-state index contributed by atoms with van der Waals surface area (Å²) in [6.45, 7) is 0.825. The van der Waals surface area contributed by atoms with Crippen molar-refractivity contribution in [2.75, 3.05) is 24.7 Å². The van der Waals surface area contributed by atoms with Gasteiger partial charge in [0.15, 0.2) is 9.84 Å². The fourth-order valence-electron chi connectivity index (χ4n) is 2.62. The molecule has 0 aromatic rings. The molecule has 6 heteroatoms. The fourth-order valence-corrected chi connectivity index (χ4v) is 4.43. The van der Waals surface area contributed by atoms with Gasteiger partial charge in [0.05, 0.1) is 30.3 Å². The third kappa shape index (κ3) is 2.18. The van der Waals surface area contributed by atoms with Crippen LogP contribution < -0.4 is 0 Å². The van der Waals surface area contributed by atoms with Crippen molar-refractivity contribution in [3.05, 3.63) is 0 Å². The molecule has 2 heterocycles. The summed E-state index contributed by atoms with van der Waals surface area (Å²) >= 11 is 0. The van der Waals surface area contributed by atoms with Crippen LogP contribution in [0, 0.1) is 0 Å². The Balaban J connectivity index is 2.11. The lowest BCUT2D eigenvalue weighted by Gasteiger charge is -2.30. The van der Waals surface area contributed by atoms with Crippen LogP contribution in [0.25, 0.3) is 0 Å². The highest BCUT2D eigenvalue weighted by atomic mass is 32.2. The van der Waals surface area contributed by atoms with Crippen LogP contribution >= 0.6 is 0 Å². The molecule has 3 atom stereocenters. The summed E-state index contributed by atoms with van der Waals surface area (Å²) in [5, 5.41) is 18.8. The van der Waals surface area contributed by atoms with Crippen molar-refractivity contribution in [3.63, 3.8) is 0 Å². The van der Waals surface area contributed by atoms with Crippen molar-refractivity contribution < 1.29 is 18.6 Å². The third-order valence-corrected chi connectivity index (χ3v) is 5.05. The normalized spacial score (nSPS) is 41.1. The van der Waals surface area contributed by atoms with Crippen LogP contribution in [0.3, 0.4) is 0 Å². The minimum absolute atomic E-state index is 0.0259. The Labute approximate surface area is 89.6 Å². The van der Waals surface area contributed by atoms with E-state index >= 15 is 0 Å². The van der Waals surface area contributed by atoms with Gasteiger partial charge in [0, 0.05) is 6.04 Å². The average molecular weight is 235 g/mol. The Morgan fingerprint density at radius 2 is 2.07 bits per heavy atom. The first kappa shape index (κ1) is 11.3. The Hall–Kier alpha value is -0.170. The topological polar surface area (TPSA) is 77.8 Å². The van der Waals surface area contributed by atoms with Crippen LogP contribution in [0.15, 0.2) is 0 Å². The molecule has 0 saturated carbocycles. The summed E-state index contributed by atoms with van der Waals surface area (Å²) in [6, 6.07) is -0.285. The molecule has 2 unspecified atom stereocenters. The number of hydrogen-bond donors (Lipinski definition) is 2. The SMILES string of the molecule is O=S1(=O)CC(O)C(N2CCC[C@@H]2CO)C1. The zero-order valence-corrected chi connectivity index (χ0v) is 9.36. The molecule has 0 aromatic carbocycles. The zero-order valence-electron chi connectivity index (χ0n) is 8.54. The molecule has 0 amide bonds. The van der Waals surface area contributed by atoms with Gasteiger partial charge in [-0.1, -0.05) is 0 Å². The zero-order chi connectivity index (χ0) is 11.1. The molecule has 5 nitrogen and oxygen atoms in total. The molecule has 2 N–H and O–H groups in total. The van der Waals surface area contributed by atoms with Crippen LogP contribution in [0.4, 0.5) is 0 Å². The van der Waals surface area contributed by atoms with Gasteiger partial charge in [0.2, 0.25) is 0 Å². The number of aliphatic hydroxyl groups excluding tert-OH is 2. The highest BCUT2D eigenvalue weighted by molar-refractivity contribution is 7.91. The van der Waals surface area contributed by atoms with Crippen molar-refractivity contribution in [1.82, 2.24) is 4.90 Å². The molecule has 0 spiro atoms. The fraction of sp³-hybridized carbons (Fsp3) is 1.00. The molecule has 88 valence electrons. The number of aliphatic hydroxyl groups is 2. The minimum Gasteiger partial charge on any atom is -0.395 e. The van der Waals surface area contributed by atoms with E-state index in [2.05, 4.69) is 0 Å². The van der Waals surface area contributed by atoms with Gasteiger partial charge in [-0.2, -0.15) is 0 Å². The van der Waals surface area contributed by atoms with E-state index in [9.17, 15) is 13.5 Å². The first-order chi connectivity index (χ1) is 7.03. The van der Waals surface area contributed by atoms with E-state index in [-0.39, 0.29) is 30.2 Å². The summed E-state index contributed by atoms with van der Waals surface area (Å²) in [5.41, 5.74) is 0. The minimum atomic E-state index is -3.09. The van der Waals surface area contributed by atoms with Gasteiger partial charge in [-0.05, 0) is 19.4 Å².